The van der Waals surface area contributed by atoms with E-state index in [2.05, 4.69) is 0 Å². The maximum atomic E-state index is 6.56. The van der Waals surface area contributed by atoms with Gasteiger partial charge in [-0.2, -0.15) is 0 Å². The van der Waals surface area contributed by atoms with Crippen molar-refractivity contribution in [2.24, 2.45) is 11.5 Å². The van der Waals surface area contributed by atoms with Crippen LogP contribution in [0.4, 0.5) is 0 Å². The minimum atomic E-state index is 0.0810. The van der Waals surface area contributed by atoms with Gasteiger partial charge in [-0.15, -0.1) is 0 Å². The van der Waals surface area contributed by atoms with E-state index >= 15 is 0 Å². The average molecular weight is 105 g/mol. The molecular formula is C2H7N3S. The molecule has 0 radical (unpaired) electrons. The Balaban J connectivity index is 2.83. The summed E-state index contributed by atoms with van der Waals surface area (Å²) in [5.74, 6) is 0.398. The molecule has 4 heteroatoms. The summed E-state index contributed by atoms with van der Waals surface area (Å²) in [6.45, 7) is 0. The van der Waals surface area contributed by atoms with Crippen LogP contribution in [0.2, 0.25) is 0 Å². The van der Waals surface area contributed by atoms with Gasteiger partial charge in [-0.3, -0.25) is 5.41 Å². The second-order valence-electron chi connectivity index (χ2n) is 0.675. The fourth-order valence-corrected chi connectivity index (χ4v) is 0.269. The molecule has 36 valence electrons. The van der Waals surface area contributed by atoms with Gasteiger partial charge in [0.1, 0.15) is 0 Å². The number of nitrogens with two attached hydrogens (primary N) is 2. The van der Waals surface area contributed by atoms with Crippen LogP contribution in [0.5, 0.6) is 0 Å². The van der Waals surface area contributed by atoms with Gasteiger partial charge in [-0.05, 0) is 0 Å². The molecule has 5 N–H and O–H groups in total. The molecule has 0 unspecified atom stereocenters. The van der Waals surface area contributed by atoms with Crippen LogP contribution in [0.15, 0.2) is 0 Å². The van der Waals surface area contributed by atoms with Crippen molar-refractivity contribution in [1.29, 1.82) is 5.41 Å². The third-order valence-electron chi connectivity index (χ3n) is 0.239. The SMILES string of the molecule is N=C(N)SCN. The quantitative estimate of drug-likeness (QED) is 0.240. The number of thioether (sulfide) groups is 1. The molecule has 0 aliphatic carbocycles. The highest BCUT2D eigenvalue weighted by Gasteiger charge is 1.79. The molecule has 0 spiro atoms. The predicted molar refractivity (Wildman–Crippen MR) is 28.6 cm³/mol. The van der Waals surface area contributed by atoms with E-state index in [1.165, 1.54) is 0 Å². The van der Waals surface area contributed by atoms with E-state index < -0.39 is 0 Å². The molecule has 0 aliphatic heterocycles. The van der Waals surface area contributed by atoms with Gasteiger partial charge in [0.2, 0.25) is 0 Å². The van der Waals surface area contributed by atoms with Crippen molar-refractivity contribution < 1.29 is 0 Å². The van der Waals surface area contributed by atoms with E-state index in [0.29, 0.717) is 5.88 Å². The second kappa shape index (κ2) is 2.99. The number of hydrogen-bond donors (Lipinski definition) is 3. The Morgan fingerprint density at radius 3 is 2.33 bits per heavy atom. The molecule has 0 rings (SSSR count). The molecule has 0 atom stereocenters. The topological polar surface area (TPSA) is 75.9 Å². The first-order valence-electron chi connectivity index (χ1n) is 1.44. The highest BCUT2D eigenvalue weighted by atomic mass is 32.2. The highest BCUT2D eigenvalue weighted by molar-refractivity contribution is 8.13. The lowest BCUT2D eigenvalue weighted by atomic mass is 11.4. The van der Waals surface area contributed by atoms with Gasteiger partial charge in [0.25, 0.3) is 0 Å². The summed E-state index contributed by atoms with van der Waals surface area (Å²) in [5, 5.41) is 6.64. The smallest absolute Gasteiger partial charge is 0.152 e. The Labute approximate surface area is 40.6 Å². The molecule has 0 saturated carbocycles. The van der Waals surface area contributed by atoms with Crippen LogP contribution in [0, 0.1) is 5.41 Å². The summed E-state index contributed by atoms with van der Waals surface area (Å²) < 4.78 is 0. The number of nitrogens with one attached hydrogen (secondary N) is 1. The summed E-state index contributed by atoms with van der Waals surface area (Å²) in [5.41, 5.74) is 9.84. The number of amidine groups is 1. The van der Waals surface area contributed by atoms with Gasteiger partial charge < -0.3 is 11.5 Å². The van der Waals surface area contributed by atoms with Gasteiger partial charge in [-0.25, -0.2) is 0 Å². The zero-order chi connectivity index (χ0) is 4.99. The second-order valence-corrected chi connectivity index (χ2v) is 1.74. The minimum absolute atomic E-state index is 0.0810. The normalized spacial score (nSPS) is 8.17. The molecule has 0 aromatic rings. The van der Waals surface area contributed by atoms with E-state index in [1.807, 2.05) is 0 Å². The van der Waals surface area contributed by atoms with Crippen LogP contribution in [0.1, 0.15) is 0 Å². The summed E-state index contributed by atoms with van der Waals surface area (Å²) >= 11 is 1.12. The zero-order valence-corrected chi connectivity index (χ0v) is 4.09. The van der Waals surface area contributed by atoms with Gasteiger partial charge in [0.05, 0.1) is 0 Å². The summed E-state index contributed by atoms with van der Waals surface area (Å²) in [7, 11) is 0. The maximum Gasteiger partial charge on any atom is 0.152 e. The van der Waals surface area contributed by atoms with Crippen LogP contribution in [-0.2, 0) is 0 Å². The van der Waals surface area contributed by atoms with Crippen LogP contribution in [0.25, 0.3) is 0 Å². The Kier molecular flexibility index (Phi) is 2.88. The van der Waals surface area contributed by atoms with Crippen molar-refractivity contribution in [2.45, 2.75) is 0 Å². The monoisotopic (exact) mass is 105 g/mol. The largest absolute Gasteiger partial charge is 0.379 e. The fraction of sp³-hybridized carbons (Fsp3) is 0.500. The molecule has 0 saturated heterocycles. The highest BCUT2D eigenvalue weighted by Crippen LogP contribution is 1.88. The lowest BCUT2D eigenvalue weighted by Crippen LogP contribution is -2.07. The molecule has 0 aliphatic rings. The molecule has 0 heterocycles. The molecule has 0 bridgehead atoms. The third kappa shape index (κ3) is 3.78. The van der Waals surface area contributed by atoms with Crippen LogP contribution < -0.4 is 11.5 Å². The molecule has 0 aromatic heterocycles. The zero-order valence-electron chi connectivity index (χ0n) is 3.27. The molecule has 0 fully saturated rings. The van der Waals surface area contributed by atoms with Crippen molar-refractivity contribution in [3.8, 4) is 0 Å². The van der Waals surface area contributed by atoms with Crippen molar-refractivity contribution in [2.75, 3.05) is 5.88 Å². The minimum Gasteiger partial charge on any atom is -0.379 e. The van der Waals surface area contributed by atoms with E-state index in [1.54, 1.807) is 0 Å². The summed E-state index contributed by atoms with van der Waals surface area (Å²) in [6, 6.07) is 0. The lowest BCUT2D eigenvalue weighted by Gasteiger charge is -1.86. The van der Waals surface area contributed by atoms with E-state index in [0.717, 1.165) is 11.8 Å². The third-order valence-corrected chi connectivity index (χ3v) is 0.717. The summed E-state index contributed by atoms with van der Waals surface area (Å²) in [4.78, 5) is 0. The van der Waals surface area contributed by atoms with Crippen molar-refractivity contribution in [3.63, 3.8) is 0 Å². The maximum absolute atomic E-state index is 6.56. The summed E-state index contributed by atoms with van der Waals surface area (Å²) in [6.07, 6.45) is 0. The van der Waals surface area contributed by atoms with Gasteiger partial charge in [-0.1, -0.05) is 11.8 Å². The van der Waals surface area contributed by atoms with Crippen molar-refractivity contribution in [3.05, 3.63) is 0 Å². The van der Waals surface area contributed by atoms with Gasteiger partial charge >= 0.3 is 0 Å². The van der Waals surface area contributed by atoms with Crippen molar-refractivity contribution in [1.82, 2.24) is 0 Å². The number of rotatable bonds is 1. The molecule has 0 aromatic carbocycles. The Bertz CT molecular complexity index is 52.8. The molecular weight excluding hydrogens is 98.1 g/mol. The fourth-order valence-electron chi connectivity index (χ4n) is 0.0898. The standard InChI is InChI=1S/C2H7N3S/c3-1-6-2(4)5/h1,3H2,(H3,4,5). The van der Waals surface area contributed by atoms with Crippen LogP contribution in [0.3, 0.4) is 0 Å². The first-order valence-corrected chi connectivity index (χ1v) is 2.43. The first kappa shape index (κ1) is 5.78. The predicted octanol–water partition coefficient (Wildman–Crippen LogP) is -0.471. The molecule has 6 heavy (non-hydrogen) atoms. The Morgan fingerprint density at radius 1 is 1.83 bits per heavy atom. The first-order chi connectivity index (χ1) is 2.77. The van der Waals surface area contributed by atoms with Crippen LogP contribution >= 0.6 is 11.8 Å². The van der Waals surface area contributed by atoms with E-state index in [-0.39, 0.29) is 5.17 Å². The molecule has 3 nitrogen and oxygen atoms in total. The van der Waals surface area contributed by atoms with E-state index in [4.69, 9.17) is 16.9 Å². The van der Waals surface area contributed by atoms with Gasteiger partial charge in [0, 0.05) is 5.88 Å². The van der Waals surface area contributed by atoms with E-state index in [9.17, 15) is 0 Å². The average Bonchev–Trinajstić information content (AvgIpc) is 1.35. The van der Waals surface area contributed by atoms with Crippen LogP contribution in [-0.4, -0.2) is 11.0 Å². The Hall–Kier alpha value is -0.220. The Morgan fingerprint density at radius 2 is 2.33 bits per heavy atom. The van der Waals surface area contributed by atoms with Gasteiger partial charge in [0.15, 0.2) is 5.17 Å². The lowest BCUT2D eigenvalue weighted by molar-refractivity contribution is 1.40. The number of hydrogen-bond acceptors (Lipinski definition) is 3. The van der Waals surface area contributed by atoms with Crippen molar-refractivity contribution >= 4 is 16.9 Å². The molecule has 0 amide bonds.